The molecule has 1 aromatic carbocycles. The molecule has 0 aromatic heterocycles. The van der Waals surface area contributed by atoms with Crippen LogP contribution in [0.15, 0.2) is 24.3 Å². The second-order valence-corrected chi connectivity index (χ2v) is 9.82. The first kappa shape index (κ1) is 20.2. The molecule has 7 heteroatoms. The summed E-state index contributed by atoms with van der Waals surface area (Å²) in [7, 11) is -2.98. The minimum Gasteiger partial charge on any atom is -0.391 e. The van der Waals surface area contributed by atoms with Gasteiger partial charge in [-0.05, 0) is 36.5 Å². The van der Waals surface area contributed by atoms with Crippen molar-refractivity contribution in [1.82, 2.24) is 5.48 Å². The highest BCUT2D eigenvalue weighted by atomic mass is 35.5. The van der Waals surface area contributed by atoms with Gasteiger partial charge in [-0.1, -0.05) is 43.0 Å². The van der Waals surface area contributed by atoms with Crippen LogP contribution in [0.4, 0.5) is 0 Å². The zero-order valence-electron chi connectivity index (χ0n) is 13.8. The Labute approximate surface area is 154 Å². The van der Waals surface area contributed by atoms with Gasteiger partial charge < -0.3 is 5.11 Å². The summed E-state index contributed by atoms with van der Waals surface area (Å²) in [6, 6.07) is 7.38. The molecule has 0 amide bonds. The SMILES string of the molecule is O=P(CC1CCCCC1)(C[C@H](O)CCl)ONCc1ccc(Cl)cc1. The number of aliphatic hydroxyl groups excluding tert-OH is 1. The Morgan fingerprint density at radius 3 is 2.54 bits per heavy atom. The molecule has 1 fully saturated rings. The largest absolute Gasteiger partial charge is 0.391 e. The molecule has 0 radical (unpaired) electrons. The van der Waals surface area contributed by atoms with E-state index < -0.39 is 13.5 Å². The average Bonchev–Trinajstić information content (AvgIpc) is 2.57. The van der Waals surface area contributed by atoms with Crippen molar-refractivity contribution in [3.8, 4) is 0 Å². The monoisotopic (exact) mass is 393 g/mol. The minimum absolute atomic E-state index is 0.0647. The molecule has 2 N–H and O–H groups in total. The van der Waals surface area contributed by atoms with Crippen molar-refractivity contribution >= 4 is 30.6 Å². The van der Waals surface area contributed by atoms with Gasteiger partial charge in [-0.3, -0.25) is 4.57 Å². The van der Waals surface area contributed by atoms with Crippen molar-refractivity contribution in [2.24, 2.45) is 5.92 Å². The van der Waals surface area contributed by atoms with Crippen LogP contribution in [-0.2, 0) is 15.7 Å². The van der Waals surface area contributed by atoms with Crippen LogP contribution >= 0.6 is 30.6 Å². The topological polar surface area (TPSA) is 58.6 Å². The maximum absolute atomic E-state index is 13.2. The molecule has 136 valence electrons. The number of halogens is 2. The summed E-state index contributed by atoms with van der Waals surface area (Å²) in [6.07, 6.45) is 5.58. The summed E-state index contributed by atoms with van der Waals surface area (Å²) < 4.78 is 18.8. The first-order chi connectivity index (χ1) is 11.5. The van der Waals surface area contributed by atoms with Crippen LogP contribution in [0.3, 0.4) is 0 Å². The van der Waals surface area contributed by atoms with Crippen LogP contribution in [0.25, 0.3) is 0 Å². The van der Waals surface area contributed by atoms with E-state index >= 15 is 0 Å². The van der Waals surface area contributed by atoms with Crippen LogP contribution in [0.5, 0.6) is 0 Å². The fraction of sp³-hybridized carbons (Fsp3) is 0.647. The fourth-order valence-corrected chi connectivity index (χ4v) is 6.03. The summed E-state index contributed by atoms with van der Waals surface area (Å²) in [6.45, 7) is 0.433. The smallest absolute Gasteiger partial charge is 0.223 e. The quantitative estimate of drug-likeness (QED) is 0.358. The number of alkyl halides is 1. The lowest BCUT2D eigenvalue weighted by Crippen LogP contribution is -2.24. The molecule has 1 aliphatic rings. The van der Waals surface area contributed by atoms with Gasteiger partial charge in [0.25, 0.3) is 0 Å². The van der Waals surface area contributed by atoms with Crippen molar-refractivity contribution in [3.05, 3.63) is 34.9 Å². The molecule has 0 spiro atoms. The van der Waals surface area contributed by atoms with Gasteiger partial charge in [-0.25, -0.2) is 4.62 Å². The molecule has 2 atom stereocenters. The summed E-state index contributed by atoms with van der Waals surface area (Å²) in [4.78, 5) is 0. The van der Waals surface area contributed by atoms with Gasteiger partial charge in [0.15, 0.2) is 0 Å². The summed E-state index contributed by atoms with van der Waals surface area (Å²) in [5.41, 5.74) is 3.81. The number of rotatable bonds is 9. The summed E-state index contributed by atoms with van der Waals surface area (Å²) in [5, 5.41) is 10.5. The van der Waals surface area contributed by atoms with Crippen molar-refractivity contribution in [2.75, 3.05) is 18.2 Å². The maximum Gasteiger partial charge on any atom is 0.223 e. The zero-order chi connectivity index (χ0) is 17.4. The van der Waals surface area contributed by atoms with Gasteiger partial charge in [-0.2, -0.15) is 5.48 Å². The standard InChI is InChI=1S/C17H26Cl2NO3P/c18-10-17(21)13-24(22,12-15-4-2-1-3-5-15)23-20-11-14-6-8-16(19)9-7-14/h6-9,15,17,20-21H,1-5,10-13H2/t17-,24?/m1/s1. The van der Waals surface area contributed by atoms with E-state index in [0.29, 0.717) is 23.6 Å². The van der Waals surface area contributed by atoms with E-state index in [0.717, 1.165) is 18.4 Å². The van der Waals surface area contributed by atoms with Gasteiger partial charge in [0, 0.05) is 23.6 Å². The number of hydrogen-bond donors (Lipinski definition) is 2. The Kier molecular flexibility index (Phi) is 8.56. The average molecular weight is 394 g/mol. The second-order valence-electron chi connectivity index (χ2n) is 6.53. The van der Waals surface area contributed by atoms with E-state index in [9.17, 15) is 9.67 Å². The zero-order valence-corrected chi connectivity index (χ0v) is 16.2. The van der Waals surface area contributed by atoms with Crippen LogP contribution in [0.1, 0.15) is 37.7 Å². The number of aliphatic hydroxyl groups is 1. The van der Waals surface area contributed by atoms with E-state index in [1.54, 1.807) is 12.1 Å². The predicted molar refractivity (Wildman–Crippen MR) is 100 cm³/mol. The lowest BCUT2D eigenvalue weighted by molar-refractivity contribution is 0.173. The van der Waals surface area contributed by atoms with Gasteiger partial charge in [0.1, 0.15) is 0 Å². The first-order valence-corrected chi connectivity index (χ1v) is 11.4. The van der Waals surface area contributed by atoms with Crippen LogP contribution in [0, 0.1) is 5.92 Å². The predicted octanol–water partition coefficient (Wildman–Crippen LogP) is 4.82. The van der Waals surface area contributed by atoms with E-state index in [2.05, 4.69) is 5.48 Å². The third-order valence-electron chi connectivity index (χ3n) is 4.35. The molecule has 4 nitrogen and oxygen atoms in total. The van der Waals surface area contributed by atoms with Crippen molar-refractivity contribution in [2.45, 2.75) is 44.8 Å². The third kappa shape index (κ3) is 7.03. The lowest BCUT2D eigenvalue weighted by Gasteiger charge is -2.27. The molecule has 1 aliphatic carbocycles. The normalized spacial score (nSPS) is 19.8. The van der Waals surface area contributed by atoms with E-state index in [1.807, 2.05) is 12.1 Å². The van der Waals surface area contributed by atoms with Gasteiger partial charge >= 0.3 is 0 Å². The Bertz CT molecular complexity index is 535. The van der Waals surface area contributed by atoms with E-state index in [1.165, 1.54) is 19.3 Å². The number of nitrogens with one attached hydrogen (secondary N) is 1. The Morgan fingerprint density at radius 1 is 1.25 bits per heavy atom. The molecule has 0 saturated heterocycles. The van der Waals surface area contributed by atoms with Crippen molar-refractivity contribution in [1.29, 1.82) is 0 Å². The Morgan fingerprint density at radius 2 is 1.92 bits per heavy atom. The van der Waals surface area contributed by atoms with Crippen LogP contribution in [0.2, 0.25) is 5.02 Å². The molecule has 24 heavy (non-hydrogen) atoms. The Balaban J connectivity index is 1.91. The van der Waals surface area contributed by atoms with Crippen molar-refractivity contribution in [3.63, 3.8) is 0 Å². The molecule has 1 unspecified atom stereocenters. The highest BCUT2D eigenvalue weighted by Gasteiger charge is 2.31. The summed E-state index contributed by atoms with van der Waals surface area (Å²) >= 11 is 11.5. The first-order valence-electron chi connectivity index (χ1n) is 8.49. The highest BCUT2D eigenvalue weighted by Crippen LogP contribution is 2.50. The number of benzene rings is 1. The molecule has 1 aromatic rings. The maximum atomic E-state index is 13.2. The van der Waals surface area contributed by atoms with E-state index in [4.69, 9.17) is 27.8 Å². The number of hydroxylamine groups is 1. The summed E-state index contributed by atoms with van der Waals surface area (Å²) in [5.74, 6) is 0.472. The molecular weight excluding hydrogens is 368 g/mol. The molecule has 1 saturated carbocycles. The van der Waals surface area contributed by atoms with Gasteiger partial charge in [0.2, 0.25) is 7.37 Å². The fourth-order valence-electron chi connectivity index (χ4n) is 3.12. The Hall–Kier alpha value is -0.0900. The second kappa shape index (κ2) is 10.2. The molecule has 2 rings (SSSR count). The van der Waals surface area contributed by atoms with Crippen molar-refractivity contribution < 1.29 is 14.3 Å². The highest BCUT2D eigenvalue weighted by molar-refractivity contribution is 7.59. The third-order valence-corrected chi connectivity index (χ3v) is 7.47. The molecule has 0 heterocycles. The molecule has 0 bridgehead atoms. The lowest BCUT2D eigenvalue weighted by atomic mass is 9.91. The number of hydrogen-bond acceptors (Lipinski definition) is 4. The van der Waals surface area contributed by atoms with E-state index in [-0.39, 0.29) is 12.0 Å². The minimum atomic E-state index is -2.98. The molecule has 0 aliphatic heterocycles. The molecular formula is C17H26Cl2NO3P. The van der Waals surface area contributed by atoms with Crippen LogP contribution < -0.4 is 5.48 Å². The van der Waals surface area contributed by atoms with Crippen LogP contribution in [-0.4, -0.2) is 29.4 Å². The van der Waals surface area contributed by atoms with Gasteiger partial charge in [0.05, 0.1) is 12.3 Å². The van der Waals surface area contributed by atoms with Gasteiger partial charge in [-0.15, -0.1) is 11.6 Å².